The Morgan fingerprint density at radius 2 is 1.97 bits per heavy atom. The highest BCUT2D eigenvalue weighted by molar-refractivity contribution is 5.78. The number of hydrogen-bond acceptors (Lipinski definition) is 2. The number of nitrogens with zero attached hydrogens (tertiary/aromatic N) is 2. The summed E-state index contributed by atoms with van der Waals surface area (Å²) in [5.74, 6) is 0.286. The molecule has 2 aromatic rings. The van der Waals surface area contributed by atoms with Crippen molar-refractivity contribution in [3.05, 3.63) is 64.5 Å². The number of halogens is 3. The van der Waals surface area contributed by atoms with Crippen LogP contribution in [0.15, 0.2) is 36.4 Å². The fraction of sp³-hybridized carbons (Fsp3) is 0.478. The summed E-state index contributed by atoms with van der Waals surface area (Å²) in [6.07, 6.45) is -2.03. The highest BCUT2D eigenvalue weighted by Crippen LogP contribution is 2.31. The largest absolute Gasteiger partial charge is 0.416 e. The molecule has 0 bridgehead atoms. The SMILES string of the molecule is Cc1cc(Cc2cccc(C(F)(F)F)c2)cc(C2CCCN(C(=O)C(C)C)C2)n1. The summed E-state index contributed by atoms with van der Waals surface area (Å²) >= 11 is 0. The summed E-state index contributed by atoms with van der Waals surface area (Å²) in [6, 6.07) is 9.37. The molecule has 0 radical (unpaired) electrons. The van der Waals surface area contributed by atoms with E-state index in [0.717, 1.165) is 42.4 Å². The van der Waals surface area contributed by atoms with E-state index in [2.05, 4.69) is 4.98 Å². The van der Waals surface area contributed by atoms with Crippen LogP contribution < -0.4 is 0 Å². The van der Waals surface area contributed by atoms with Gasteiger partial charge in [0.25, 0.3) is 0 Å². The highest BCUT2D eigenvalue weighted by atomic mass is 19.4. The van der Waals surface area contributed by atoms with Gasteiger partial charge in [-0.2, -0.15) is 13.2 Å². The molecular weight excluding hydrogens is 377 g/mol. The zero-order chi connectivity index (χ0) is 21.2. The zero-order valence-corrected chi connectivity index (χ0v) is 17.1. The van der Waals surface area contributed by atoms with Crippen molar-refractivity contribution in [1.82, 2.24) is 9.88 Å². The van der Waals surface area contributed by atoms with Crippen LogP contribution in [0.25, 0.3) is 0 Å². The van der Waals surface area contributed by atoms with E-state index in [9.17, 15) is 18.0 Å². The third-order valence-corrected chi connectivity index (χ3v) is 5.34. The third-order valence-electron chi connectivity index (χ3n) is 5.34. The predicted molar refractivity (Wildman–Crippen MR) is 107 cm³/mol. The Morgan fingerprint density at radius 3 is 2.66 bits per heavy atom. The van der Waals surface area contributed by atoms with Crippen molar-refractivity contribution in [2.45, 2.75) is 52.1 Å². The molecule has 1 saturated heterocycles. The lowest BCUT2D eigenvalue weighted by Gasteiger charge is -2.34. The second-order valence-corrected chi connectivity index (χ2v) is 8.19. The lowest BCUT2D eigenvalue weighted by Crippen LogP contribution is -2.41. The maximum atomic E-state index is 13.0. The summed E-state index contributed by atoms with van der Waals surface area (Å²) in [6.45, 7) is 7.14. The second-order valence-electron chi connectivity index (χ2n) is 8.19. The first kappa shape index (κ1) is 21.3. The monoisotopic (exact) mass is 404 g/mol. The van der Waals surface area contributed by atoms with Crippen molar-refractivity contribution in [1.29, 1.82) is 0 Å². The van der Waals surface area contributed by atoms with E-state index in [1.807, 2.05) is 37.8 Å². The summed E-state index contributed by atoms with van der Waals surface area (Å²) in [5, 5.41) is 0. The van der Waals surface area contributed by atoms with E-state index in [4.69, 9.17) is 0 Å². The molecule has 1 unspecified atom stereocenters. The number of carbonyl (C=O) groups is 1. The van der Waals surface area contributed by atoms with Crippen molar-refractivity contribution in [3.63, 3.8) is 0 Å². The quantitative estimate of drug-likeness (QED) is 0.687. The predicted octanol–water partition coefficient (Wildman–Crippen LogP) is 5.36. The number of likely N-dealkylation sites (tertiary alicyclic amines) is 1. The van der Waals surface area contributed by atoms with E-state index >= 15 is 0 Å². The minimum Gasteiger partial charge on any atom is -0.342 e. The number of pyridine rings is 1. The summed E-state index contributed by atoms with van der Waals surface area (Å²) < 4.78 is 39.0. The Labute approximate surface area is 169 Å². The molecule has 1 amide bonds. The van der Waals surface area contributed by atoms with E-state index in [-0.39, 0.29) is 17.7 Å². The van der Waals surface area contributed by atoms with Crippen LogP contribution in [0.3, 0.4) is 0 Å². The molecule has 3 nitrogen and oxygen atoms in total. The van der Waals surface area contributed by atoms with E-state index in [1.54, 1.807) is 6.07 Å². The number of piperidine rings is 1. The minimum absolute atomic E-state index is 0.0318. The molecule has 1 fully saturated rings. The topological polar surface area (TPSA) is 33.2 Å². The van der Waals surface area contributed by atoms with Crippen molar-refractivity contribution in [2.75, 3.05) is 13.1 Å². The first-order valence-electron chi connectivity index (χ1n) is 10.1. The average molecular weight is 404 g/mol. The first-order valence-corrected chi connectivity index (χ1v) is 10.1. The van der Waals surface area contributed by atoms with Crippen molar-refractivity contribution in [3.8, 4) is 0 Å². The van der Waals surface area contributed by atoms with Crippen LogP contribution in [0.5, 0.6) is 0 Å². The molecule has 29 heavy (non-hydrogen) atoms. The van der Waals surface area contributed by atoms with Gasteiger partial charge in [0.05, 0.1) is 5.56 Å². The second kappa shape index (κ2) is 8.56. The number of benzene rings is 1. The smallest absolute Gasteiger partial charge is 0.342 e. The molecule has 1 aromatic heterocycles. The molecule has 1 aromatic carbocycles. The van der Waals surface area contributed by atoms with E-state index in [1.165, 1.54) is 12.1 Å². The lowest BCUT2D eigenvalue weighted by molar-refractivity contribution is -0.137. The molecular formula is C23H27F3N2O. The third kappa shape index (κ3) is 5.37. The van der Waals surface area contributed by atoms with Gasteiger partial charge in [0.1, 0.15) is 0 Å². The number of alkyl halides is 3. The molecule has 0 N–H and O–H groups in total. The molecule has 0 spiro atoms. The molecule has 1 aliphatic rings. The van der Waals surface area contributed by atoms with Crippen LogP contribution >= 0.6 is 0 Å². The Balaban J connectivity index is 1.81. The molecule has 3 rings (SSSR count). The fourth-order valence-corrected chi connectivity index (χ4v) is 3.96. The molecule has 6 heteroatoms. The van der Waals surface area contributed by atoms with Gasteiger partial charge in [0, 0.05) is 36.3 Å². The Kier molecular flexibility index (Phi) is 6.30. The van der Waals surface area contributed by atoms with Crippen molar-refractivity contribution < 1.29 is 18.0 Å². The lowest BCUT2D eigenvalue weighted by atomic mass is 9.91. The van der Waals surface area contributed by atoms with Gasteiger partial charge < -0.3 is 4.90 Å². The zero-order valence-electron chi connectivity index (χ0n) is 17.1. The van der Waals surface area contributed by atoms with Crippen LogP contribution in [0.1, 0.15) is 60.7 Å². The van der Waals surface area contributed by atoms with Gasteiger partial charge in [-0.3, -0.25) is 9.78 Å². The van der Waals surface area contributed by atoms with E-state index < -0.39 is 11.7 Å². The number of rotatable bonds is 4. The van der Waals surface area contributed by atoms with Gasteiger partial charge in [-0.1, -0.05) is 32.0 Å². The Bertz CT molecular complexity index is 877. The van der Waals surface area contributed by atoms with Gasteiger partial charge in [0.2, 0.25) is 5.91 Å². The van der Waals surface area contributed by atoms with Crippen LogP contribution in [-0.4, -0.2) is 28.9 Å². The summed E-state index contributed by atoms with van der Waals surface area (Å²) in [5.41, 5.74) is 2.71. The van der Waals surface area contributed by atoms with Crippen molar-refractivity contribution >= 4 is 5.91 Å². The molecule has 156 valence electrons. The summed E-state index contributed by atoms with van der Waals surface area (Å²) in [4.78, 5) is 19.0. The molecule has 0 saturated carbocycles. The number of aromatic nitrogens is 1. The molecule has 1 atom stereocenters. The Morgan fingerprint density at radius 1 is 1.21 bits per heavy atom. The van der Waals surface area contributed by atoms with Crippen molar-refractivity contribution in [2.24, 2.45) is 5.92 Å². The fourth-order valence-electron chi connectivity index (χ4n) is 3.96. The normalized spacial score (nSPS) is 17.6. The van der Waals surface area contributed by atoms with Gasteiger partial charge >= 0.3 is 6.18 Å². The Hall–Kier alpha value is -2.37. The number of amides is 1. The maximum Gasteiger partial charge on any atom is 0.416 e. The van der Waals surface area contributed by atoms with Crippen LogP contribution in [0.4, 0.5) is 13.2 Å². The summed E-state index contributed by atoms with van der Waals surface area (Å²) in [7, 11) is 0. The molecule has 2 heterocycles. The highest BCUT2D eigenvalue weighted by Gasteiger charge is 2.30. The molecule has 0 aliphatic carbocycles. The average Bonchev–Trinajstić information content (AvgIpc) is 2.66. The van der Waals surface area contributed by atoms with Gasteiger partial charge in [-0.15, -0.1) is 0 Å². The van der Waals surface area contributed by atoms with E-state index in [0.29, 0.717) is 18.5 Å². The maximum absolute atomic E-state index is 13.0. The van der Waals surface area contributed by atoms with Gasteiger partial charge in [-0.25, -0.2) is 0 Å². The van der Waals surface area contributed by atoms with Crippen LogP contribution in [0.2, 0.25) is 0 Å². The first-order chi connectivity index (χ1) is 13.6. The van der Waals surface area contributed by atoms with Crippen LogP contribution in [-0.2, 0) is 17.4 Å². The number of aryl methyl sites for hydroxylation is 1. The number of hydrogen-bond donors (Lipinski definition) is 0. The van der Waals surface area contributed by atoms with Gasteiger partial charge in [-0.05, 0) is 55.5 Å². The van der Waals surface area contributed by atoms with Crippen LogP contribution in [0, 0.1) is 12.8 Å². The number of carbonyl (C=O) groups excluding carboxylic acids is 1. The minimum atomic E-state index is -4.34. The standard InChI is InChI=1S/C23H27F3N2O/c1-15(2)22(29)28-9-5-7-19(14-28)21-13-18(10-16(3)27-21)11-17-6-4-8-20(12-17)23(24,25)26/h4,6,8,10,12-13,15,19H,5,7,9,11,14H2,1-3H3. The van der Waals surface area contributed by atoms with Gasteiger partial charge in [0.15, 0.2) is 0 Å². The molecule has 1 aliphatic heterocycles.